The van der Waals surface area contributed by atoms with E-state index < -0.39 is 0 Å². The van der Waals surface area contributed by atoms with Crippen LogP contribution in [0.1, 0.15) is 29.0 Å². The number of benzene rings is 2. The number of hydrogen-bond acceptors (Lipinski definition) is 3. The van der Waals surface area contributed by atoms with Crippen molar-refractivity contribution >= 4 is 22.9 Å². The van der Waals surface area contributed by atoms with Crippen molar-refractivity contribution in [1.29, 1.82) is 0 Å². The van der Waals surface area contributed by atoms with E-state index in [0.29, 0.717) is 6.54 Å². The number of hydrogen-bond donors (Lipinski definition) is 2. The lowest BCUT2D eigenvalue weighted by Gasteiger charge is -2.21. The Labute approximate surface area is 177 Å². The van der Waals surface area contributed by atoms with Crippen molar-refractivity contribution in [2.45, 2.75) is 19.5 Å². The third-order valence-corrected chi connectivity index (χ3v) is 6.02. The fourth-order valence-corrected chi connectivity index (χ4v) is 4.17. The molecular formula is C24H30N3OS+. The van der Waals surface area contributed by atoms with Crippen LogP contribution >= 0.6 is 11.3 Å². The van der Waals surface area contributed by atoms with Crippen LogP contribution in [0.3, 0.4) is 0 Å². The van der Waals surface area contributed by atoms with Gasteiger partial charge in [-0.1, -0.05) is 48.5 Å². The Hall–Kier alpha value is -2.63. The molecule has 152 valence electrons. The minimum atomic E-state index is -0.0961. The molecule has 3 aromatic rings. The average molecular weight is 409 g/mol. The Morgan fingerprint density at radius 2 is 1.76 bits per heavy atom. The number of likely N-dealkylation sites (N-methyl/N-ethyl adjacent to an activating group) is 1. The maximum atomic E-state index is 12.9. The number of carbonyl (C=O) groups excluding carboxylic acids is 1. The van der Waals surface area contributed by atoms with Crippen LogP contribution < -0.4 is 15.1 Å². The highest BCUT2D eigenvalue weighted by Gasteiger charge is 2.20. The maximum Gasteiger partial charge on any atom is 0.275 e. The molecule has 2 atom stereocenters. The third-order valence-electron chi connectivity index (χ3n) is 5.08. The third kappa shape index (κ3) is 5.92. The van der Waals surface area contributed by atoms with Gasteiger partial charge in [-0.05, 0) is 36.1 Å². The van der Waals surface area contributed by atoms with Crippen molar-refractivity contribution in [2.24, 2.45) is 0 Å². The first kappa shape index (κ1) is 21.1. The van der Waals surface area contributed by atoms with Crippen LogP contribution in [0.25, 0.3) is 0 Å². The molecule has 5 heteroatoms. The van der Waals surface area contributed by atoms with Gasteiger partial charge >= 0.3 is 0 Å². The van der Waals surface area contributed by atoms with Gasteiger partial charge in [-0.25, -0.2) is 0 Å². The van der Waals surface area contributed by atoms with E-state index in [2.05, 4.69) is 65.0 Å². The molecule has 0 fully saturated rings. The van der Waals surface area contributed by atoms with Crippen LogP contribution in [0.5, 0.6) is 0 Å². The highest BCUT2D eigenvalue weighted by atomic mass is 32.1. The lowest BCUT2D eigenvalue weighted by atomic mass is 10.1. The van der Waals surface area contributed by atoms with Crippen LogP contribution in [0, 0.1) is 0 Å². The first-order valence-corrected chi connectivity index (χ1v) is 10.9. The smallest absolute Gasteiger partial charge is 0.275 e. The molecule has 2 N–H and O–H groups in total. The molecule has 0 radical (unpaired) electrons. The van der Waals surface area contributed by atoms with Gasteiger partial charge in [-0.2, -0.15) is 0 Å². The van der Waals surface area contributed by atoms with Crippen molar-refractivity contribution in [2.75, 3.05) is 32.1 Å². The van der Waals surface area contributed by atoms with Gasteiger partial charge in [0.2, 0.25) is 0 Å². The molecule has 0 aliphatic heterocycles. The zero-order valence-electron chi connectivity index (χ0n) is 17.4. The molecule has 0 saturated heterocycles. The SMILES string of the molecule is CC[NH+](CC(=O)N[C@H](c1ccccc1)c1cccs1)Cc1ccc(N(C)C)cc1. The van der Waals surface area contributed by atoms with Gasteiger partial charge in [-0.15, -0.1) is 11.3 Å². The summed E-state index contributed by atoms with van der Waals surface area (Å²) < 4.78 is 0. The minimum absolute atomic E-state index is 0.0778. The Morgan fingerprint density at radius 3 is 2.34 bits per heavy atom. The monoisotopic (exact) mass is 408 g/mol. The van der Waals surface area contributed by atoms with E-state index in [1.165, 1.54) is 16.2 Å². The maximum absolute atomic E-state index is 12.9. The van der Waals surface area contributed by atoms with Crippen LogP contribution in [0.15, 0.2) is 72.1 Å². The normalized spacial score (nSPS) is 12.9. The zero-order valence-corrected chi connectivity index (χ0v) is 18.2. The number of nitrogens with one attached hydrogen (secondary N) is 2. The number of quaternary nitrogens is 1. The van der Waals surface area contributed by atoms with Gasteiger partial charge in [0.15, 0.2) is 6.54 Å². The number of anilines is 1. The summed E-state index contributed by atoms with van der Waals surface area (Å²) in [6, 6.07) is 22.8. The van der Waals surface area contributed by atoms with E-state index in [4.69, 9.17) is 0 Å². The quantitative estimate of drug-likeness (QED) is 0.571. The van der Waals surface area contributed by atoms with Gasteiger partial charge in [0.05, 0.1) is 12.6 Å². The molecule has 1 heterocycles. The summed E-state index contributed by atoms with van der Waals surface area (Å²) in [5.41, 5.74) is 3.55. The topological polar surface area (TPSA) is 36.8 Å². The number of carbonyl (C=O) groups is 1. The summed E-state index contributed by atoms with van der Waals surface area (Å²) in [5, 5.41) is 5.31. The van der Waals surface area contributed by atoms with Gasteiger partial charge in [0.1, 0.15) is 6.54 Å². The minimum Gasteiger partial charge on any atom is -0.378 e. The predicted molar refractivity (Wildman–Crippen MR) is 122 cm³/mol. The summed E-state index contributed by atoms with van der Waals surface area (Å²) in [7, 11) is 4.08. The number of rotatable bonds is 9. The molecular weight excluding hydrogens is 378 g/mol. The largest absolute Gasteiger partial charge is 0.378 e. The van der Waals surface area contributed by atoms with Crippen LogP contribution in [0.2, 0.25) is 0 Å². The summed E-state index contributed by atoms with van der Waals surface area (Å²) in [6.07, 6.45) is 0. The second kappa shape index (κ2) is 10.2. The summed E-state index contributed by atoms with van der Waals surface area (Å²) in [6.45, 7) is 4.33. The Kier molecular flexibility index (Phi) is 7.44. The van der Waals surface area contributed by atoms with Crippen LogP contribution in [-0.2, 0) is 11.3 Å². The lowest BCUT2D eigenvalue weighted by Crippen LogP contribution is -3.11. The van der Waals surface area contributed by atoms with Crippen molar-refractivity contribution in [1.82, 2.24) is 5.32 Å². The molecule has 29 heavy (non-hydrogen) atoms. The molecule has 0 saturated carbocycles. The molecule has 1 unspecified atom stereocenters. The first-order chi connectivity index (χ1) is 14.1. The number of thiophene rings is 1. The van der Waals surface area contributed by atoms with Gasteiger partial charge in [-0.3, -0.25) is 4.79 Å². The first-order valence-electron chi connectivity index (χ1n) is 10.0. The molecule has 1 aromatic heterocycles. The molecule has 4 nitrogen and oxygen atoms in total. The Bertz CT molecular complexity index is 876. The predicted octanol–water partition coefficient (Wildman–Crippen LogP) is 3.12. The van der Waals surface area contributed by atoms with Crippen LogP contribution in [-0.4, -0.2) is 33.1 Å². The second-order valence-corrected chi connectivity index (χ2v) is 8.42. The van der Waals surface area contributed by atoms with Crippen molar-refractivity contribution < 1.29 is 9.69 Å². The molecule has 3 rings (SSSR count). The van der Waals surface area contributed by atoms with Crippen molar-refractivity contribution in [3.05, 3.63) is 88.1 Å². The fourth-order valence-electron chi connectivity index (χ4n) is 3.37. The Balaban J connectivity index is 1.65. The molecule has 0 spiro atoms. The average Bonchev–Trinajstić information content (AvgIpc) is 3.27. The van der Waals surface area contributed by atoms with Gasteiger partial charge in [0, 0.05) is 30.2 Å². The van der Waals surface area contributed by atoms with Crippen molar-refractivity contribution in [3.63, 3.8) is 0 Å². The van der Waals surface area contributed by atoms with Crippen LogP contribution in [0.4, 0.5) is 5.69 Å². The number of amides is 1. The molecule has 0 bridgehead atoms. The second-order valence-electron chi connectivity index (χ2n) is 7.44. The molecule has 0 aliphatic rings. The van der Waals surface area contributed by atoms with E-state index in [1.807, 2.05) is 38.4 Å². The van der Waals surface area contributed by atoms with Gasteiger partial charge in [0.25, 0.3) is 5.91 Å². The lowest BCUT2D eigenvalue weighted by molar-refractivity contribution is -0.904. The zero-order chi connectivity index (χ0) is 20.6. The van der Waals surface area contributed by atoms with Gasteiger partial charge < -0.3 is 15.1 Å². The summed E-state index contributed by atoms with van der Waals surface area (Å²) in [5.74, 6) is 0.0778. The fraction of sp³-hybridized carbons (Fsp3) is 0.292. The van der Waals surface area contributed by atoms with E-state index >= 15 is 0 Å². The van der Waals surface area contributed by atoms with Crippen molar-refractivity contribution in [3.8, 4) is 0 Å². The Morgan fingerprint density at radius 1 is 1.03 bits per heavy atom. The summed E-state index contributed by atoms with van der Waals surface area (Å²) >= 11 is 1.67. The summed E-state index contributed by atoms with van der Waals surface area (Å²) in [4.78, 5) is 17.4. The molecule has 2 aromatic carbocycles. The van der Waals surface area contributed by atoms with E-state index in [1.54, 1.807) is 11.3 Å². The van der Waals surface area contributed by atoms with E-state index in [9.17, 15) is 4.79 Å². The van der Waals surface area contributed by atoms with E-state index in [-0.39, 0.29) is 11.9 Å². The highest BCUT2D eigenvalue weighted by Crippen LogP contribution is 2.25. The standard InChI is InChI=1S/C24H29N3OS/c1-4-27(17-19-12-14-21(15-13-19)26(2)3)18-23(28)25-24(22-11-8-16-29-22)20-9-6-5-7-10-20/h5-16,24H,4,17-18H2,1-3H3,(H,25,28)/p+1/t24-/m1/s1. The molecule has 0 aliphatic carbocycles. The number of nitrogens with zero attached hydrogens (tertiary/aromatic N) is 1. The molecule has 1 amide bonds. The highest BCUT2D eigenvalue weighted by molar-refractivity contribution is 7.10. The van der Waals surface area contributed by atoms with E-state index in [0.717, 1.165) is 23.5 Å².